The van der Waals surface area contributed by atoms with Gasteiger partial charge in [-0.25, -0.2) is 4.79 Å². The Hall–Kier alpha value is -3.21. The van der Waals surface area contributed by atoms with E-state index in [0.717, 1.165) is 16.9 Å². The highest BCUT2D eigenvalue weighted by atomic mass is 16.5. The average molecular weight is 320 g/mol. The summed E-state index contributed by atoms with van der Waals surface area (Å²) in [6, 6.07) is 18.0. The van der Waals surface area contributed by atoms with E-state index in [1.165, 1.54) is 0 Å². The molecule has 0 N–H and O–H groups in total. The van der Waals surface area contributed by atoms with Crippen LogP contribution >= 0.6 is 0 Å². The highest BCUT2D eigenvalue weighted by Crippen LogP contribution is 2.21. The first kappa shape index (κ1) is 15.7. The van der Waals surface area contributed by atoms with Crippen molar-refractivity contribution in [3.63, 3.8) is 0 Å². The SMILES string of the molecule is COc1ccc(-c2ccc(OC(=O)c3ccc(C)cc3)nn2)cc1. The largest absolute Gasteiger partial charge is 0.497 e. The first-order chi connectivity index (χ1) is 11.7. The summed E-state index contributed by atoms with van der Waals surface area (Å²) in [5.74, 6) is 0.481. The third-order valence-corrected chi connectivity index (χ3v) is 3.51. The minimum Gasteiger partial charge on any atom is -0.497 e. The van der Waals surface area contributed by atoms with Crippen molar-refractivity contribution < 1.29 is 14.3 Å². The topological polar surface area (TPSA) is 61.3 Å². The van der Waals surface area contributed by atoms with Crippen LogP contribution in [0.2, 0.25) is 0 Å². The molecule has 0 aliphatic heterocycles. The Bertz CT molecular complexity index is 826. The number of methoxy groups -OCH3 is 1. The fourth-order valence-corrected chi connectivity index (χ4v) is 2.13. The Morgan fingerprint density at radius 1 is 0.875 bits per heavy atom. The fraction of sp³-hybridized carbons (Fsp3) is 0.105. The lowest BCUT2D eigenvalue weighted by atomic mass is 10.1. The zero-order chi connectivity index (χ0) is 16.9. The van der Waals surface area contributed by atoms with Crippen LogP contribution in [-0.2, 0) is 0 Å². The van der Waals surface area contributed by atoms with Gasteiger partial charge in [-0.05, 0) is 49.4 Å². The molecule has 5 heteroatoms. The summed E-state index contributed by atoms with van der Waals surface area (Å²) in [4.78, 5) is 12.0. The Morgan fingerprint density at radius 2 is 1.58 bits per heavy atom. The molecule has 0 unspecified atom stereocenters. The van der Waals surface area contributed by atoms with Crippen molar-refractivity contribution in [3.8, 4) is 22.9 Å². The molecule has 0 spiro atoms. The Labute approximate surface area is 139 Å². The molecule has 1 heterocycles. The quantitative estimate of drug-likeness (QED) is 0.686. The van der Waals surface area contributed by atoms with Gasteiger partial charge < -0.3 is 9.47 Å². The molecule has 3 aromatic rings. The van der Waals surface area contributed by atoms with Crippen molar-refractivity contribution in [1.29, 1.82) is 0 Å². The molecule has 0 amide bonds. The number of benzene rings is 2. The maximum Gasteiger partial charge on any atom is 0.344 e. The summed E-state index contributed by atoms with van der Waals surface area (Å²) in [5.41, 5.74) is 3.14. The van der Waals surface area contributed by atoms with Crippen molar-refractivity contribution >= 4 is 5.97 Å². The summed E-state index contributed by atoms with van der Waals surface area (Å²) in [5, 5.41) is 8.05. The first-order valence-electron chi connectivity index (χ1n) is 7.43. The smallest absolute Gasteiger partial charge is 0.344 e. The normalized spacial score (nSPS) is 10.2. The summed E-state index contributed by atoms with van der Waals surface area (Å²) in [6.07, 6.45) is 0. The molecular formula is C19H16N2O3. The predicted octanol–water partition coefficient (Wildman–Crippen LogP) is 3.68. The molecule has 5 nitrogen and oxygen atoms in total. The Morgan fingerprint density at radius 3 is 2.17 bits per heavy atom. The van der Waals surface area contributed by atoms with Crippen LogP contribution < -0.4 is 9.47 Å². The minimum atomic E-state index is -0.457. The van der Waals surface area contributed by atoms with Crippen LogP contribution in [0.25, 0.3) is 11.3 Å². The molecule has 24 heavy (non-hydrogen) atoms. The van der Waals surface area contributed by atoms with E-state index in [-0.39, 0.29) is 5.88 Å². The van der Waals surface area contributed by atoms with Gasteiger partial charge in [0.2, 0.25) is 5.88 Å². The maximum absolute atomic E-state index is 12.0. The molecule has 0 bridgehead atoms. The van der Waals surface area contributed by atoms with E-state index in [1.54, 1.807) is 31.4 Å². The molecular weight excluding hydrogens is 304 g/mol. The maximum atomic E-state index is 12.0. The van der Waals surface area contributed by atoms with Gasteiger partial charge in [-0.1, -0.05) is 17.7 Å². The number of rotatable bonds is 4. The number of ether oxygens (including phenoxy) is 2. The van der Waals surface area contributed by atoms with E-state index in [0.29, 0.717) is 11.3 Å². The van der Waals surface area contributed by atoms with Gasteiger partial charge in [0.05, 0.1) is 18.4 Å². The molecule has 0 radical (unpaired) electrons. The van der Waals surface area contributed by atoms with E-state index >= 15 is 0 Å². The molecule has 120 valence electrons. The van der Waals surface area contributed by atoms with E-state index in [1.807, 2.05) is 43.3 Å². The van der Waals surface area contributed by atoms with Crippen LogP contribution in [0.15, 0.2) is 60.7 Å². The number of carbonyl (C=O) groups excluding carboxylic acids is 1. The zero-order valence-corrected chi connectivity index (χ0v) is 13.4. The number of aromatic nitrogens is 2. The lowest BCUT2D eigenvalue weighted by Crippen LogP contribution is -2.09. The predicted molar refractivity (Wildman–Crippen MR) is 90.2 cm³/mol. The molecule has 0 saturated carbocycles. The summed E-state index contributed by atoms with van der Waals surface area (Å²) >= 11 is 0. The monoisotopic (exact) mass is 320 g/mol. The van der Waals surface area contributed by atoms with Crippen LogP contribution in [0.3, 0.4) is 0 Å². The second-order valence-electron chi connectivity index (χ2n) is 5.24. The Balaban J connectivity index is 1.71. The fourth-order valence-electron chi connectivity index (χ4n) is 2.13. The van der Waals surface area contributed by atoms with Crippen molar-refractivity contribution in [2.24, 2.45) is 0 Å². The van der Waals surface area contributed by atoms with Gasteiger partial charge in [-0.2, -0.15) is 0 Å². The molecule has 0 aliphatic rings. The van der Waals surface area contributed by atoms with Crippen molar-refractivity contribution in [1.82, 2.24) is 10.2 Å². The van der Waals surface area contributed by atoms with Crippen molar-refractivity contribution in [3.05, 3.63) is 71.8 Å². The van der Waals surface area contributed by atoms with Gasteiger partial charge in [0.25, 0.3) is 0 Å². The second kappa shape index (κ2) is 6.91. The van der Waals surface area contributed by atoms with Crippen LogP contribution in [-0.4, -0.2) is 23.3 Å². The van der Waals surface area contributed by atoms with E-state index < -0.39 is 5.97 Å². The average Bonchev–Trinajstić information content (AvgIpc) is 2.63. The third-order valence-electron chi connectivity index (χ3n) is 3.51. The highest BCUT2D eigenvalue weighted by molar-refractivity contribution is 5.90. The molecule has 0 aliphatic carbocycles. The number of aryl methyl sites for hydroxylation is 1. The van der Waals surface area contributed by atoms with E-state index in [4.69, 9.17) is 9.47 Å². The number of carbonyl (C=O) groups is 1. The van der Waals surface area contributed by atoms with E-state index in [2.05, 4.69) is 10.2 Å². The second-order valence-corrected chi connectivity index (χ2v) is 5.24. The summed E-state index contributed by atoms with van der Waals surface area (Å²) < 4.78 is 10.4. The molecule has 0 fully saturated rings. The van der Waals surface area contributed by atoms with Gasteiger partial charge in [-0.15, -0.1) is 10.2 Å². The number of hydrogen-bond acceptors (Lipinski definition) is 5. The van der Waals surface area contributed by atoms with Crippen molar-refractivity contribution in [2.45, 2.75) is 6.92 Å². The number of nitrogens with zero attached hydrogens (tertiary/aromatic N) is 2. The van der Waals surface area contributed by atoms with Gasteiger partial charge >= 0.3 is 5.97 Å². The van der Waals surface area contributed by atoms with Gasteiger partial charge in [0, 0.05) is 11.6 Å². The van der Waals surface area contributed by atoms with Gasteiger partial charge in [-0.3, -0.25) is 0 Å². The van der Waals surface area contributed by atoms with Gasteiger partial charge in [0.15, 0.2) is 0 Å². The lowest BCUT2D eigenvalue weighted by molar-refractivity contribution is 0.0726. The standard InChI is InChI=1S/C19H16N2O3/c1-13-3-5-15(6-4-13)19(22)24-18-12-11-17(20-21-18)14-7-9-16(23-2)10-8-14/h3-12H,1-2H3. The number of hydrogen-bond donors (Lipinski definition) is 0. The molecule has 1 aromatic heterocycles. The molecule has 0 saturated heterocycles. The zero-order valence-electron chi connectivity index (χ0n) is 13.4. The van der Waals surface area contributed by atoms with Crippen LogP contribution in [0, 0.1) is 6.92 Å². The molecule has 2 aromatic carbocycles. The van der Waals surface area contributed by atoms with Crippen LogP contribution in [0.4, 0.5) is 0 Å². The minimum absolute atomic E-state index is 0.165. The summed E-state index contributed by atoms with van der Waals surface area (Å²) in [6.45, 7) is 1.96. The highest BCUT2D eigenvalue weighted by Gasteiger charge is 2.10. The summed E-state index contributed by atoms with van der Waals surface area (Å²) in [7, 11) is 1.62. The van der Waals surface area contributed by atoms with Gasteiger partial charge in [0.1, 0.15) is 5.75 Å². The van der Waals surface area contributed by atoms with Crippen molar-refractivity contribution in [2.75, 3.05) is 7.11 Å². The third kappa shape index (κ3) is 3.57. The first-order valence-corrected chi connectivity index (χ1v) is 7.43. The Kier molecular flexibility index (Phi) is 4.52. The van der Waals surface area contributed by atoms with E-state index in [9.17, 15) is 4.79 Å². The molecule has 3 rings (SSSR count). The van der Waals surface area contributed by atoms with Crippen LogP contribution in [0.1, 0.15) is 15.9 Å². The number of esters is 1. The lowest BCUT2D eigenvalue weighted by Gasteiger charge is -2.05. The molecule has 0 atom stereocenters. The van der Waals surface area contributed by atoms with Crippen LogP contribution in [0.5, 0.6) is 11.6 Å².